The zero-order valence-electron chi connectivity index (χ0n) is 17.7. The molecule has 0 fully saturated rings. The Kier molecular flexibility index (Phi) is 6.49. The van der Waals surface area contributed by atoms with Gasteiger partial charge in [-0.2, -0.15) is 9.72 Å². The molecule has 1 amide bonds. The van der Waals surface area contributed by atoms with Gasteiger partial charge in [0.2, 0.25) is 0 Å². The fourth-order valence-electron chi connectivity index (χ4n) is 2.56. The Bertz CT molecular complexity index is 1130. The van der Waals surface area contributed by atoms with Gasteiger partial charge < -0.3 is 14.1 Å². The molecule has 1 aromatic carbocycles. The topological polar surface area (TPSA) is 121 Å². The third-order valence-electron chi connectivity index (χ3n) is 3.77. The lowest BCUT2D eigenvalue weighted by Gasteiger charge is -2.19. The van der Waals surface area contributed by atoms with Gasteiger partial charge in [0, 0.05) is 12.6 Å². The van der Waals surface area contributed by atoms with Crippen LogP contribution in [0.25, 0.3) is 0 Å². The molecule has 0 aliphatic carbocycles. The molecule has 0 atom stereocenters. The minimum absolute atomic E-state index is 0.0198. The summed E-state index contributed by atoms with van der Waals surface area (Å²) in [5.41, 5.74) is 0.935. The molecular weight excluding hydrogens is 402 g/mol. The number of anilines is 1. The van der Waals surface area contributed by atoms with Crippen molar-refractivity contribution in [1.29, 1.82) is 0 Å². The van der Waals surface area contributed by atoms with E-state index in [0.29, 0.717) is 22.8 Å². The SMILES string of the molecule is Cn1oc(=O)nc1/C(=N/OCc1cccc(NC(=O)OC(C)(C)C)n1)c1ccccc1. The van der Waals surface area contributed by atoms with E-state index in [0.717, 1.165) is 0 Å². The smallest absolute Gasteiger partial charge is 0.444 e. The standard InChI is InChI=1S/C21H23N5O5/c1-21(2,3)30-19(27)23-16-12-8-11-15(22-16)13-29-25-17(14-9-6-5-7-10-14)18-24-20(28)31-26(18)4/h5-12H,13H2,1-4H3,(H,22,23,27)/b25-17+. The molecule has 0 unspecified atom stereocenters. The van der Waals surface area contributed by atoms with Crippen LogP contribution in [0.4, 0.5) is 10.6 Å². The molecule has 0 saturated heterocycles. The van der Waals surface area contributed by atoms with Gasteiger partial charge in [-0.05, 0) is 32.9 Å². The van der Waals surface area contributed by atoms with E-state index < -0.39 is 17.5 Å². The average molecular weight is 425 g/mol. The van der Waals surface area contributed by atoms with Crippen LogP contribution in [0.1, 0.15) is 37.9 Å². The number of hydrogen-bond acceptors (Lipinski definition) is 8. The first-order chi connectivity index (χ1) is 14.7. The van der Waals surface area contributed by atoms with Gasteiger partial charge in [-0.25, -0.2) is 14.6 Å². The molecule has 0 radical (unpaired) electrons. The molecule has 10 nitrogen and oxygen atoms in total. The van der Waals surface area contributed by atoms with Gasteiger partial charge in [0.15, 0.2) is 18.1 Å². The first-order valence-electron chi connectivity index (χ1n) is 9.47. The number of nitrogens with zero attached hydrogens (tertiary/aromatic N) is 4. The van der Waals surface area contributed by atoms with Crippen LogP contribution >= 0.6 is 0 Å². The van der Waals surface area contributed by atoms with Gasteiger partial charge in [0.25, 0.3) is 0 Å². The van der Waals surface area contributed by atoms with E-state index in [1.54, 1.807) is 46.0 Å². The number of carbonyl (C=O) groups excluding carboxylic acids is 1. The van der Waals surface area contributed by atoms with Crippen LogP contribution < -0.4 is 11.1 Å². The Balaban J connectivity index is 1.75. The summed E-state index contributed by atoms with van der Waals surface area (Å²) in [6.07, 6.45) is -0.602. The van der Waals surface area contributed by atoms with Crippen LogP contribution in [0.15, 0.2) is 63.0 Å². The Labute approximate surface area is 178 Å². The largest absolute Gasteiger partial charge is 0.460 e. The number of carbonyl (C=O) groups is 1. The Morgan fingerprint density at radius 3 is 2.52 bits per heavy atom. The maximum atomic E-state index is 11.9. The Hall–Kier alpha value is -3.95. The number of rotatable bonds is 6. The molecule has 3 rings (SSSR count). The summed E-state index contributed by atoms with van der Waals surface area (Å²) in [6.45, 7) is 5.35. The zero-order chi connectivity index (χ0) is 22.4. The third-order valence-corrected chi connectivity index (χ3v) is 3.77. The minimum Gasteiger partial charge on any atom is -0.444 e. The lowest BCUT2D eigenvalue weighted by atomic mass is 10.1. The summed E-state index contributed by atoms with van der Waals surface area (Å²) < 4.78 is 11.4. The molecule has 0 bridgehead atoms. The molecular formula is C21H23N5O5. The molecule has 10 heteroatoms. The highest BCUT2D eigenvalue weighted by Crippen LogP contribution is 2.12. The Morgan fingerprint density at radius 2 is 1.87 bits per heavy atom. The molecule has 2 aromatic heterocycles. The van der Waals surface area contributed by atoms with Crippen molar-refractivity contribution in [3.05, 3.63) is 76.2 Å². The van der Waals surface area contributed by atoms with Crippen LogP contribution in [0.3, 0.4) is 0 Å². The van der Waals surface area contributed by atoms with E-state index in [1.165, 1.54) is 4.74 Å². The quantitative estimate of drug-likeness (QED) is 0.476. The van der Waals surface area contributed by atoms with E-state index in [9.17, 15) is 9.59 Å². The Morgan fingerprint density at radius 1 is 1.13 bits per heavy atom. The highest BCUT2D eigenvalue weighted by atomic mass is 16.6. The summed E-state index contributed by atoms with van der Waals surface area (Å²) in [4.78, 5) is 37.1. The second kappa shape index (κ2) is 9.24. The molecule has 0 aliphatic rings. The number of hydrogen-bond donors (Lipinski definition) is 1. The second-order valence-corrected chi connectivity index (χ2v) is 7.51. The van der Waals surface area contributed by atoms with Crippen molar-refractivity contribution in [3.8, 4) is 0 Å². The van der Waals surface area contributed by atoms with Crippen LogP contribution in [0, 0.1) is 0 Å². The number of benzene rings is 1. The zero-order valence-corrected chi connectivity index (χ0v) is 17.7. The van der Waals surface area contributed by atoms with Crippen molar-refractivity contribution in [2.75, 3.05) is 5.32 Å². The predicted octanol–water partition coefficient (Wildman–Crippen LogP) is 3.08. The van der Waals surface area contributed by atoms with Crippen molar-refractivity contribution in [2.45, 2.75) is 33.0 Å². The van der Waals surface area contributed by atoms with Gasteiger partial charge in [0.1, 0.15) is 11.4 Å². The predicted molar refractivity (Wildman–Crippen MR) is 113 cm³/mol. The highest BCUT2D eigenvalue weighted by molar-refractivity contribution is 6.10. The van der Waals surface area contributed by atoms with Gasteiger partial charge in [-0.15, -0.1) is 0 Å². The van der Waals surface area contributed by atoms with Crippen molar-refractivity contribution in [2.24, 2.45) is 12.2 Å². The van der Waals surface area contributed by atoms with E-state index in [-0.39, 0.29) is 12.4 Å². The second-order valence-electron chi connectivity index (χ2n) is 7.51. The summed E-state index contributed by atoms with van der Waals surface area (Å²) >= 11 is 0. The molecule has 3 aromatic rings. The summed E-state index contributed by atoms with van der Waals surface area (Å²) in [6, 6.07) is 14.2. The highest BCUT2D eigenvalue weighted by Gasteiger charge is 2.18. The van der Waals surface area contributed by atoms with E-state index in [1.807, 2.05) is 30.3 Å². The maximum absolute atomic E-state index is 11.9. The fraction of sp³-hybridized carbons (Fsp3) is 0.286. The van der Waals surface area contributed by atoms with Gasteiger partial charge in [-0.3, -0.25) is 5.32 Å². The first kappa shape index (κ1) is 21.8. The monoisotopic (exact) mass is 425 g/mol. The number of aromatic nitrogens is 3. The summed E-state index contributed by atoms with van der Waals surface area (Å²) in [5.74, 6) is -0.185. The van der Waals surface area contributed by atoms with Gasteiger partial charge in [0.05, 0.1) is 5.69 Å². The average Bonchev–Trinajstić information content (AvgIpc) is 3.02. The molecule has 31 heavy (non-hydrogen) atoms. The molecule has 0 aliphatic heterocycles. The van der Waals surface area contributed by atoms with E-state index in [2.05, 4.69) is 20.4 Å². The minimum atomic E-state index is -0.733. The van der Waals surface area contributed by atoms with Gasteiger partial charge in [-0.1, -0.05) is 41.6 Å². The maximum Gasteiger partial charge on any atom is 0.460 e. The molecule has 0 saturated carbocycles. The summed E-state index contributed by atoms with van der Waals surface area (Å²) in [5, 5.41) is 6.73. The number of oxime groups is 1. The fourth-order valence-corrected chi connectivity index (χ4v) is 2.56. The number of aryl methyl sites for hydroxylation is 1. The number of nitrogens with one attached hydrogen (secondary N) is 1. The first-order valence-corrected chi connectivity index (χ1v) is 9.47. The van der Waals surface area contributed by atoms with Crippen molar-refractivity contribution >= 4 is 17.6 Å². The molecule has 162 valence electrons. The number of amides is 1. The van der Waals surface area contributed by atoms with Crippen LogP contribution in [-0.4, -0.2) is 32.1 Å². The van der Waals surface area contributed by atoms with E-state index in [4.69, 9.17) is 14.1 Å². The van der Waals surface area contributed by atoms with Crippen molar-refractivity contribution in [3.63, 3.8) is 0 Å². The van der Waals surface area contributed by atoms with Crippen LogP contribution in [0.2, 0.25) is 0 Å². The molecule has 0 spiro atoms. The number of ether oxygens (including phenoxy) is 1. The molecule has 2 heterocycles. The third kappa shape index (κ3) is 6.26. The van der Waals surface area contributed by atoms with E-state index >= 15 is 0 Å². The van der Waals surface area contributed by atoms with Gasteiger partial charge >= 0.3 is 11.8 Å². The van der Waals surface area contributed by atoms with Crippen LogP contribution in [0.5, 0.6) is 0 Å². The van der Waals surface area contributed by atoms with Crippen molar-refractivity contribution < 1.29 is 18.9 Å². The van der Waals surface area contributed by atoms with Crippen molar-refractivity contribution in [1.82, 2.24) is 14.7 Å². The number of pyridine rings is 1. The lowest BCUT2D eigenvalue weighted by molar-refractivity contribution is 0.0635. The van der Waals surface area contributed by atoms with Crippen LogP contribution in [-0.2, 0) is 23.2 Å². The lowest BCUT2D eigenvalue weighted by Crippen LogP contribution is -2.27. The molecule has 1 N–H and O–H groups in total. The summed E-state index contributed by atoms with van der Waals surface area (Å²) in [7, 11) is 1.55. The normalized spacial score (nSPS) is 11.8.